The van der Waals surface area contributed by atoms with Crippen molar-refractivity contribution in [2.75, 3.05) is 13.1 Å². The van der Waals surface area contributed by atoms with Crippen molar-refractivity contribution in [1.29, 1.82) is 0 Å². The summed E-state index contributed by atoms with van der Waals surface area (Å²) in [6.45, 7) is 2.52. The summed E-state index contributed by atoms with van der Waals surface area (Å²) in [5.41, 5.74) is 5.38. The smallest absolute Gasteiger partial charge is 0.240 e. The van der Waals surface area contributed by atoms with E-state index in [1.165, 1.54) is 12.1 Å². The monoisotopic (exact) mass is 282 g/mol. The topological polar surface area (TPSA) is 72.2 Å². The first kappa shape index (κ1) is 16.3. The normalized spacial score (nSPS) is 12.9. The fourth-order valence-corrected chi connectivity index (χ4v) is 2.20. The number of halogens is 2. The predicted octanol–water partition coefficient (Wildman–Crippen LogP) is 1.12. The molecule has 1 unspecified atom stereocenters. The molecule has 7 heteroatoms. The molecule has 0 aliphatic heterocycles. The highest BCUT2D eigenvalue weighted by molar-refractivity contribution is 7.89. The second kappa shape index (κ2) is 6.90. The van der Waals surface area contributed by atoms with Crippen LogP contribution in [0.15, 0.2) is 29.2 Å². The summed E-state index contributed by atoms with van der Waals surface area (Å²) >= 11 is 0. The minimum atomic E-state index is -3.55. The average molecular weight is 283 g/mol. The van der Waals surface area contributed by atoms with Crippen LogP contribution in [0.4, 0.5) is 4.39 Å². The molecule has 0 fully saturated rings. The van der Waals surface area contributed by atoms with Gasteiger partial charge >= 0.3 is 0 Å². The molecule has 0 amide bonds. The minimum absolute atomic E-state index is 0. The van der Waals surface area contributed by atoms with Crippen molar-refractivity contribution in [3.63, 3.8) is 0 Å². The number of hydrogen-bond donors (Lipinski definition) is 2. The van der Waals surface area contributed by atoms with Crippen LogP contribution in [0.25, 0.3) is 0 Å². The number of nitrogens with two attached hydrogens (primary N) is 1. The van der Waals surface area contributed by atoms with E-state index in [1.54, 1.807) is 0 Å². The summed E-state index contributed by atoms with van der Waals surface area (Å²) in [6.07, 6.45) is 0. The molecule has 1 atom stereocenters. The average Bonchev–Trinajstić information content (AvgIpc) is 2.26. The van der Waals surface area contributed by atoms with E-state index in [2.05, 4.69) is 4.72 Å². The second-order valence-corrected chi connectivity index (χ2v) is 5.41. The Bertz CT molecular complexity index is 436. The van der Waals surface area contributed by atoms with E-state index in [4.69, 9.17) is 5.73 Å². The molecule has 3 N–H and O–H groups in total. The maximum absolute atomic E-state index is 12.6. The molecule has 1 rings (SSSR count). The lowest BCUT2D eigenvalue weighted by Gasteiger charge is -2.10. The molecular weight excluding hydrogens is 267 g/mol. The molecule has 17 heavy (non-hydrogen) atoms. The molecule has 0 saturated carbocycles. The maximum atomic E-state index is 12.6. The van der Waals surface area contributed by atoms with Crippen molar-refractivity contribution in [2.45, 2.75) is 11.8 Å². The number of benzene rings is 1. The third-order valence-corrected chi connectivity index (χ3v) is 3.59. The van der Waals surface area contributed by atoms with Crippen LogP contribution in [-0.4, -0.2) is 21.5 Å². The molecule has 1 aromatic rings. The van der Waals surface area contributed by atoms with Gasteiger partial charge in [0.1, 0.15) is 5.82 Å². The van der Waals surface area contributed by atoms with Crippen LogP contribution in [0.5, 0.6) is 0 Å². The Kier molecular flexibility index (Phi) is 6.62. The number of rotatable bonds is 5. The van der Waals surface area contributed by atoms with Gasteiger partial charge in [0.05, 0.1) is 4.90 Å². The van der Waals surface area contributed by atoms with Gasteiger partial charge in [-0.3, -0.25) is 0 Å². The third kappa shape index (κ3) is 4.99. The van der Waals surface area contributed by atoms with Crippen molar-refractivity contribution >= 4 is 22.4 Å². The highest BCUT2D eigenvalue weighted by Gasteiger charge is 2.14. The van der Waals surface area contributed by atoms with Crippen molar-refractivity contribution in [3.8, 4) is 0 Å². The van der Waals surface area contributed by atoms with E-state index in [0.29, 0.717) is 6.54 Å². The van der Waals surface area contributed by atoms with E-state index in [1.807, 2.05) is 6.92 Å². The van der Waals surface area contributed by atoms with Crippen LogP contribution in [0, 0.1) is 11.7 Å². The van der Waals surface area contributed by atoms with E-state index < -0.39 is 15.8 Å². The molecule has 0 saturated heterocycles. The van der Waals surface area contributed by atoms with Gasteiger partial charge in [0, 0.05) is 6.54 Å². The fourth-order valence-electron chi connectivity index (χ4n) is 1.03. The molecule has 0 aromatic heterocycles. The van der Waals surface area contributed by atoms with Gasteiger partial charge in [-0.15, -0.1) is 12.4 Å². The first-order valence-corrected chi connectivity index (χ1v) is 6.39. The zero-order chi connectivity index (χ0) is 12.2. The van der Waals surface area contributed by atoms with Gasteiger partial charge in [-0.1, -0.05) is 6.92 Å². The van der Waals surface area contributed by atoms with Gasteiger partial charge in [0.2, 0.25) is 10.0 Å². The lowest BCUT2D eigenvalue weighted by molar-refractivity contribution is 0.544. The molecular formula is C10H16ClFN2O2S. The molecule has 0 radical (unpaired) electrons. The Morgan fingerprint density at radius 3 is 2.35 bits per heavy atom. The Labute approximate surface area is 107 Å². The summed E-state index contributed by atoms with van der Waals surface area (Å²) in [5, 5.41) is 0. The zero-order valence-electron chi connectivity index (χ0n) is 9.39. The summed E-state index contributed by atoms with van der Waals surface area (Å²) in [5.74, 6) is -0.399. The Hall–Kier alpha value is -0.690. The fraction of sp³-hybridized carbons (Fsp3) is 0.400. The highest BCUT2D eigenvalue weighted by atomic mass is 35.5. The molecule has 0 spiro atoms. The van der Waals surface area contributed by atoms with Gasteiger partial charge in [0.25, 0.3) is 0 Å². The molecule has 0 bridgehead atoms. The first-order valence-electron chi connectivity index (χ1n) is 4.91. The lowest BCUT2D eigenvalue weighted by atomic mass is 10.2. The van der Waals surface area contributed by atoms with Crippen LogP contribution in [-0.2, 0) is 10.0 Å². The van der Waals surface area contributed by atoms with Gasteiger partial charge in [-0.25, -0.2) is 17.5 Å². The highest BCUT2D eigenvalue weighted by Crippen LogP contribution is 2.09. The molecule has 0 aliphatic carbocycles. The van der Waals surface area contributed by atoms with Crippen LogP contribution < -0.4 is 10.5 Å². The summed E-state index contributed by atoms with van der Waals surface area (Å²) in [6, 6.07) is 4.68. The van der Waals surface area contributed by atoms with Crippen molar-refractivity contribution in [3.05, 3.63) is 30.1 Å². The standard InChI is InChI=1S/C10H15FN2O2S.ClH/c1-8(6-12)7-13-16(14,15)10-4-2-9(11)3-5-10;/h2-5,8,13H,6-7,12H2,1H3;1H. The lowest BCUT2D eigenvalue weighted by Crippen LogP contribution is -2.31. The van der Waals surface area contributed by atoms with Crippen LogP contribution >= 0.6 is 12.4 Å². The van der Waals surface area contributed by atoms with Gasteiger partial charge in [-0.05, 0) is 36.7 Å². The van der Waals surface area contributed by atoms with Gasteiger partial charge in [0.15, 0.2) is 0 Å². The van der Waals surface area contributed by atoms with E-state index in [9.17, 15) is 12.8 Å². The number of hydrogen-bond acceptors (Lipinski definition) is 3. The van der Waals surface area contributed by atoms with Gasteiger partial charge in [-0.2, -0.15) is 0 Å². The van der Waals surface area contributed by atoms with Crippen LogP contribution in [0.2, 0.25) is 0 Å². The van der Waals surface area contributed by atoms with Crippen molar-refractivity contribution in [1.82, 2.24) is 4.72 Å². The minimum Gasteiger partial charge on any atom is -0.330 e. The Morgan fingerprint density at radius 1 is 1.35 bits per heavy atom. The van der Waals surface area contributed by atoms with E-state index >= 15 is 0 Å². The van der Waals surface area contributed by atoms with Crippen LogP contribution in [0.3, 0.4) is 0 Å². The van der Waals surface area contributed by atoms with Crippen molar-refractivity contribution in [2.24, 2.45) is 11.7 Å². The quantitative estimate of drug-likeness (QED) is 0.850. The second-order valence-electron chi connectivity index (χ2n) is 3.65. The predicted molar refractivity (Wildman–Crippen MR) is 67.1 cm³/mol. The van der Waals surface area contributed by atoms with Crippen molar-refractivity contribution < 1.29 is 12.8 Å². The molecule has 98 valence electrons. The Balaban J connectivity index is 0.00000256. The SMILES string of the molecule is CC(CN)CNS(=O)(=O)c1ccc(F)cc1.Cl. The molecule has 0 heterocycles. The van der Waals surface area contributed by atoms with E-state index in [-0.39, 0.29) is 29.8 Å². The summed E-state index contributed by atoms with van der Waals surface area (Å²) < 4.78 is 38.4. The van der Waals surface area contributed by atoms with Crippen LogP contribution in [0.1, 0.15) is 6.92 Å². The molecule has 4 nitrogen and oxygen atoms in total. The molecule has 1 aromatic carbocycles. The maximum Gasteiger partial charge on any atom is 0.240 e. The largest absolute Gasteiger partial charge is 0.330 e. The summed E-state index contributed by atoms with van der Waals surface area (Å²) in [4.78, 5) is 0.0538. The Morgan fingerprint density at radius 2 is 1.88 bits per heavy atom. The van der Waals surface area contributed by atoms with E-state index in [0.717, 1.165) is 12.1 Å². The van der Waals surface area contributed by atoms with Gasteiger partial charge < -0.3 is 5.73 Å². The summed E-state index contributed by atoms with van der Waals surface area (Å²) in [7, 11) is -3.55. The number of sulfonamides is 1. The molecule has 0 aliphatic rings. The zero-order valence-corrected chi connectivity index (χ0v) is 11.0. The number of nitrogens with one attached hydrogen (secondary N) is 1. The third-order valence-electron chi connectivity index (χ3n) is 2.15. The first-order chi connectivity index (χ1) is 7.45.